The Hall–Kier alpha value is -3.19. The average Bonchev–Trinajstić information content (AvgIpc) is 3.10. The molecule has 1 aliphatic rings. The smallest absolute Gasteiger partial charge is 0.250 e. The molecule has 0 spiro atoms. The van der Waals surface area contributed by atoms with E-state index in [0.29, 0.717) is 17.4 Å². The van der Waals surface area contributed by atoms with E-state index >= 15 is 0 Å². The van der Waals surface area contributed by atoms with Gasteiger partial charge in [0.05, 0.1) is 0 Å². The highest BCUT2D eigenvalue weighted by molar-refractivity contribution is 6.30. The summed E-state index contributed by atoms with van der Waals surface area (Å²) in [6.07, 6.45) is 2.30. The number of aromatic nitrogens is 3. The molecule has 1 unspecified atom stereocenters. The second-order valence-electron chi connectivity index (χ2n) is 6.31. The number of amides is 1. The Bertz CT molecular complexity index is 1040. The minimum atomic E-state index is -0.317. The van der Waals surface area contributed by atoms with Crippen LogP contribution in [0, 0.1) is 5.82 Å². The maximum absolute atomic E-state index is 13.4. The Morgan fingerprint density at radius 2 is 1.93 bits per heavy atom. The minimum absolute atomic E-state index is 0.174. The molecule has 0 fully saturated rings. The Kier molecular flexibility index (Phi) is 4.83. The molecule has 1 aliphatic heterocycles. The molecule has 0 aliphatic carbocycles. The molecule has 28 heavy (non-hydrogen) atoms. The van der Waals surface area contributed by atoms with E-state index in [9.17, 15) is 9.18 Å². The number of rotatable bonds is 4. The zero-order chi connectivity index (χ0) is 19.7. The number of halogens is 2. The zero-order valence-corrected chi connectivity index (χ0v) is 15.7. The largest absolute Gasteiger partial charge is 0.324 e. The first-order chi connectivity index (χ1) is 13.5. The Morgan fingerprint density at radius 3 is 2.61 bits per heavy atom. The van der Waals surface area contributed by atoms with Gasteiger partial charge in [-0.1, -0.05) is 42.8 Å². The summed E-state index contributed by atoms with van der Waals surface area (Å²) in [6, 6.07) is 13.3. The number of nitrogens with zero attached hydrogens (tertiary/aromatic N) is 3. The highest BCUT2D eigenvalue weighted by atomic mass is 35.5. The van der Waals surface area contributed by atoms with Crippen molar-refractivity contribution >= 4 is 35.1 Å². The number of nitrogens with one attached hydrogen (secondary N) is 2. The van der Waals surface area contributed by atoms with E-state index in [2.05, 4.69) is 20.7 Å². The second-order valence-corrected chi connectivity index (χ2v) is 6.75. The van der Waals surface area contributed by atoms with Crippen LogP contribution in [0.25, 0.3) is 5.70 Å². The highest BCUT2D eigenvalue weighted by Crippen LogP contribution is 2.33. The fourth-order valence-electron chi connectivity index (χ4n) is 2.95. The molecular formula is C20H17ClFN5O. The van der Waals surface area contributed by atoms with Crippen molar-refractivity contribution in [2.75, 3.05) is 10.6 Å². The van der Waals surface area contributed by atoms with E-state index in [1.165, 1.54) is 12.1 Å². The molecule has 6 nitrogen and oxygen atoms in total. The van der Waals surface area contributed by atoms with Crippen LogP contribution in [-0.2, 0) is 4.79 Å². The molecule has 0 radical (unpaired) electrons. The van der Waals surface area contributed by atoms with Gasteiger partial charge in [-0.3, -0.25) is 10.1 Å². The van der Waals surface area contributed by atoms with Crippen LogP contribution in [0.3, 0.4) is 0 Å². The third-order valence-corrected chi connectivity index (χ3v) is 4.66. The summed E-state index contributed by atoms with van der Waals surface area (Å²) in [7, 11) is 0. The number of allylic oxidation sites excluding steroid dienone is 1. The van der Waals surface area contributed by atoms with Crippen LogP contribution < -0.4 is 10.6 Å². The molecule has 1 amide bonds. The number of hydrogen-bond donors (Lipinski definition) is 2. The quantitative estimate of drug-likeness (QED) is 0.681. The SMILES string of the molecule is CCC(=O)Nc1nc2n(n1)C(c1ccc(F)cc1)C=C(c1ccc(Cl)cc1)N2. The van der Waals surface area contributed by atoms with Crippen molar-refractivity contribution in [3.63, 3.8) is 0 Å². The van der Waals surface area contributed by atoms with Gasteiger partial charge in [-0.2, -0.15) is 4.98 Å². The standard InChI is InChI=1S/C20H17ClFN5O/c1-2-18(28)24-19-25-20-23-16(12-3-7-14(21)8-4-12)11-17(27(20)26-19)13-5-9-15(22)10-6-13/h3-11,17H,2H2,1H3,(H2,23,24,25,26,28). The predicted molar refractivity (Wildman–Crippen MR) is 107 cm³/mol. The van der Waals surface area contributed by atoms with Crippen molar-refractivity contribution in [2.45, 2.75) is 19.4 Å². The average molecular weight is 398 g/mol. The molecule has 2 heterocycles. The van der Waals surface area contributed by atoms with Crippen LogP contribution in [0.2, 0.25) is 5.02 Å². The lowest BCUT2D eigenvalue weighted by atomic mass is 10.0. The first kappa shape index (κ1) is 18.2. The van der Waals surface area contributed by atoms with Gasteiger partial charge in [0, 0.05) is 17.1 Å². The summed E-state index contributed by atoms with van der Waals surface area (Å²) in [5.74, 6) is 0.210. The van der Waals surface area contributed by atoms with Crippen LogP contribution in [0.4, 0.5) is 16.3 Å². The highest BCUT2D eigenvalue weighted by Gasteiger charge is 2.25. The summed E-state index contributed by atoms with van der Waals surface area (Å²) >= 11 is 5.99. The molecule has 2 N–H and O–H groups in total. The fraction of sp³-hybridized carbons (Fsp3) is 0.150. The summed E-state index contributed by atoms with van der Waals surface area (Å²) in [5, 5.41) is 11.0. The van der Waals surface area contributed by atoms with Gasteiger partial charge in [0.2, 0.25) is 11.9 Å². The van der Waals surface area contributed by atoms with Gasteiger partial charge in [0.1, 0.15) is 11.9 Å². The molecule has 0 saturated heterocycles. The zero-order valence-electron chi connectivity index (χ0n) is 15.0. The monoisotopic (exact) mass is 397 g/mol. The van der Waals surface area contributed by atoms with Gasteiger partial charge in [-0.15, -0.1) is 5.10 Å². The number of hydrogen-bond acceptors (Lipinski definition) is 4. The number of benzene rings is 2. The first-order valence-corrected chi connectivity index (χ1v) is 9.18. The van der Waals surface area contributed by atoms with Gasteiger partial charge in [-0.05, 0) is 41.5 Å². The number of carbonyl (C=O) groups excluding carboxylic acids is 1. The fourth-order valence-corrected chi connectivity index (χ4v) is 3.08. The maximum atomic E-state index is 13.4. The Labute approximate surface area is 166 Å². The number of carbonyl (C=O) groups is 1. The maximum Gasteiger partial charge on any atom is 0.250 e. The topological polar surface area (TPSA) is 71.8 Å². The molecule has 1 atom stereocenters. The van der Waals surface area contributed by atoms with E-state index in [-0.39, 0.29) is 23.7 Å². The third-order valence-electron chi connectivity index (χ3n) is 4.40. The molecule has 0 saturated carbocycles. The van der Waals surface area contributed by atoms with Gasteiger partial charge in [0.15, 0.2) is 0 Å². The van der Waals surface area contributed by atoms with Crippen LogP contribution in [0.15, 0.2) is 54.6 Å². The van der Waals surface area contributed by atoms with E-state index in [4.69, 9.17) is 11.6 Å². The molecule has 4 rings (SSSR count). The number of anilines is 2. The Morgan fingerprint density at radius 1 is 1.21 bits per heavy atom. The molecular weight excluding hydrogens is 381 g/mol. The molecule has 3 aromatic rings. The van der Waals surface area contributed by atoms with Gasteiger partial charge < -0.3 is 5.32 Å². The van der Waals surface area contributed by atoms with Crippen LogP contribution in [0.1, 0.15) is 30.5 Å². The first-order valence-electron chi connectivity index (χ1n) is 8.80. The number of fused-ring (bicyclic) bond motifs is 1. The van der Waals surface area contributed by atoms with Crippen molar-refractivity contribution in [3.05, 3.63) is 76.6 Å². The lowest BCUT2D eigenvalue weighted by molar-refractivity contribution is -0.115. The lowest BCUT2D eigenvalue weighted by Gasteiger charge is -2.24. The van der Waals surface area contributed by atoms with E-state index < -0.39 is 0 Å². The van der Waals surface area contributed by atoms with Crippen molar-refractivity contribution < 1.29 is 9.18 Å². The minimum Gasteiger partial charge on any atom is -0.324 e. The summed E-state index contributed by atoms with van der Waals surface area (Å²) < 4.78 is 15.1. The molecule has 2 aromatic carbocycles. The van der Waals surface area contributed by atoms with Gasteiger partial charge >= 0.3 is 0 Å². The van der Waals surface area contributed by atoms with Crippen molar-refractivity contribution in [3.8, 4) is 0 Å². The normalized spacial score (nSPS) is 15.4. The summed E-state index contributed by atoms with van der Waals surface area (Å²) in [4.78, 5) is 16.1. The van der Waals surface area contributed by atoms with Crippen LogP contribution in [-0.4, -0.2) is 20.7 Å². The van der Waals surface area contributed by atoms with E-state index in [1.807, 2.05) is 18.2 Å². The molecule has 1 aromatic heterocycles. The third kappa shape index (κ3) is 3.61. The summed E-state index contributed by atoms with van der Waals surface area (Å²) in [6.45, 7) is 1.76. The second kappa shape index (κ2) is 7.44. The van der Waals surface area contributed by atoms with Crippen molar-refractivity contribution in [1.29, 1.82) is 0 Å². The summed E-state index contributed by atoms with van der Waals surface area (Å²) in [5.41, 5.74) is 2.58. The van der Waals surface area contributed by atoms with Crippen molar-refractivity contribution in [2.24, 2.45) is 0 Å². The lowest BCUT2D eigenvalue weighted by Crippen LogP contribution is -2.20. The molecule has 8 heteroatoms. The van der Waals surface area contributed by atoms with Crippen LogP contribution in [0.5, 0.6) is 0 Å². The van der Waals surface area contributed by atoms with Crippen molar-refractivity contribution in [1.82, 2.24) is 14.8 Å². The van der Waals surface area contributed by atoms with Gasteiger partial charge in [0.25, 0.3) is 5.95 Å². The van der Waals surface area contributed by atoms with E-state index in [0.717, 1.165) is 16.8 Å². The van der Waals surface area contributed by atoms with E-state index in [1.54, 1.807) is 35.9 Å². The molecule has 0 bridgehead atoms. The predicted octanol–water partition coefficient (Wildman–Crippen LogP) is 4.48. The Balaban J connectivity index is 1.77. The van der Waals surface area contributed by atoms with Gasteiger partial charge in [-0.25, -0.2) is 9.07 Å². The van der Waals surface area contributed by atoms with Crippen LogP contribution >= 0.6 is 11.6 Å². The molecule has 142 valence electrons.